The molecule has 0 aliphatic rings. The summed E-state index contributed by atoms with van der Waals surface area (Å²) in [5, 5.41) is 29.6. The normalized spacial score (nSPS) is 16.6. The largest absolute Gasteiger partial charge is 0.481 e. The van der Waals surface area contributed by atoms with Crippen LogP contribution in [0.1, 0.15) is 67.2 Å². The van der Waals surface area contributed by atoms with Crippen LogP contribution in [0.15, 0.2) is 12.3 Å². The third-order valence-corrected chi connectivity index (χ3v) is 6.23. The zero-order chi connectivity index (χ0) is 28.3. The van der Waals surface area contributed by atoms with Gasteiger partial charge in [-0.2, -0.15) is 0 Å². The van der Waals surface area contributed by atoms with Gasteiger partial charge in [-0.25, -0.2) is 0 Å². The Morgan fingerprint density at radius 1 is 0.917 bits per heavy atom. The number of esters is 2. The number of aliphatic carboxylic acids is 2. The van der Waals surface area contributed by atoms with Gasteiger partial charge in [0.05, 0.1) is 41.6 Å². The van der Waals surface area contributed by atoms with E-state index in [9.17, 15) is 34.5 Å². The molecule has 0 saturated heterocycles. The summed E-state index contributed by atoms with van der Waals surface area (Å²) in [7, 11) is 1.15. The minimum Gasteiger partial charge on any atom is -0.481 e. The molecule has 0 saturated carbocycles. The average Bonchev–Trinajstić information content (AvgIpc) is 2.78. The van der Waals surface area contributed by atoms with Crippen LogP contribution in [0.25, 0.3) is 0 Å². The number of carbonyl (C=O) groups is 4. The van der Waals surface area contributed by atoms with E-state index in [1.807, 2.05) is 0 Å². The number of allylic oxidation sites excluding steroid dienone is 1. The summed E-state index contributed by atoms with van der Waals surface area (Å²) < 4.78 is 20.1. The number of carbonyl (C=O) groups excluding carboxylic acids is 2. The highest BCUT2D eigenvalue weighted by atomic mass is 16.7. The van der Waals surface area contributed by atoms with E-state index in [4.69, 9.17) is 18.9 Å². The van der Waals surface area contributed by atoms with E-state index < -0.39 is 52.1 Å². The van der Waals surface area contributed by atoms with Crippen molar-refractivity contribution in [1.82, 2.24) is 0 Å². The second-order valence-corrected chi connectivity index (χ2v) is 10.4. The highest BCUT2D eigenvalue weighted by Crippen LogP contribution is 2.43. The number of methoxy groups -OCH3 is 1. The van der Waals surface area contributed by atoms with E-state index in [0.29, 0.717) is 5.76 Å². The number of carboxylic acids is 2. The minimum absolute atomic E-state index is 0.122. The fourth-order valence-electron chi connectivity index (χ4n) is 3.90. The SMILES string of the molecule is C=C(C)OCOCC(O)COC(=O)C(C)(C)CC(C)(CC(CC(C)(CC)C(=O)O)C(=O)OC)C(=O)O. The van der Waals surface area contributed by atoms with Crippen LogP contribution in [-0.2, 0) is 38.1 Å². The third kappa shape index (κ3) is 10.5. The Morgan fingerprint density at radius 2 is 1.44 bits per heavy atom. The van der Waals surface area contributed by atoms with E-state index in [1.54, 1.807) is 13.8 Å². The summed E-state index contributed by atoms with van der Waals surface area (Å²) >= 11 is 0. The molecule has 0 aliphatic heterocycles. The molecule has 0 fully saturated rings. The molecule has 208 valence electrons. The number of rotatable bonds is 18. The number of ether oxygens (including phenoxy) is 4. The van der Waals surface area contributed by atoms with Crippen LogP contribution in [0.2, 0.25) is 0 Å². The van der Waals surface area contributed by atoms with Crippen molar-refractivity contribution in [2.24, 2.45) is 22.2 Å². The minimum atomic E-state index is -1.59. The molecule has 36 heavy (non-hydrogen) atoms. The third-order valence-electron chi connectivity index (χ3n) is 6.23. The Labute approximate surface area is 212 Å². The van der Waals surface area contributed by atoms with E-state index in [0.717, 1.165) is 7.11 Å². The second-order valence-electron chi connectivity index (χ2n) is 10.4. The summed E-state index contributed by atoms with van der Waals surface area (Å²) in [6, 6.07) is 0. The lowest BCUT2D eigenvalue weighted by atomic mass is 9.67. The topological polar surface area (TPSA) is 166 Å². The molecule has 0 amide bonds. The first kappa shape index (κ1) is 33.3. The first-order valence-corrected chi connectivity index (χ1v) is 11.7. The van der Waals surface area contributed by atoms with Crippen molar-refractivity contribution in [3.63, 3.8) is 0 Å². The molecule has 11 heteroatoms. The number of hydrogen-bond donors (Lipinski definition) is 3. The first-order valence-electron chi connectivity index (χ1n) is 11.7. The van der Waals surface area contributed by atoms with Crippen LogP contribution in [0.3, 0.4) is 0 Å². The maximum absolute atomic E-state index is 12.8. The molecule has 0 aliphatic carbocycles. The van der Waals surface area contributed by atoms with Crippen molar-refractivity contribution in [3.05, 3.63) is 12.3 Å². The summed E-state index contributed by atoms with van der Waals surface area (Å²) in [5.74, 6) is -4.40. The molecular formula is C25H42O11. The fraction of sp³-hybridized carbons (Fsp3) is 0.760. The Hall–Kier alpha value is -2.66. The van der Waals surface area contributed by atoms with Gasteiger partial charge in [0.1, 0.15) is 12.7 Å². The van der Waals surface area contributed by atoms with Crippen LogP contribution in [0.5, 0.6) is 0 Å². The average molecular weight is 519 g/mol. The van der Waals surface area contributed by atoms with Gasteiger partial charge in [0.15, 0.2) is 6.79 Å². The second kappa shape index (κ2) is 14.2. The van der Waals surface area contributed by atoms with Crippen molar-refractivity contribution >= 4 is 23.9 Å². The van der Waals surface area contributed by atoms with Crippen LogP contribution < -0.4 is 0 Å². The maximum Gasteiger partial charge on any atom is 0.311 e. The van der Waals surface area contributed by atoms with E-state index in [-0.39, 0.29) is 45.7 Å². The molecule has 0 heterocycles. The van der Waals surface area contributed by atoms with Gasteiger partial charge in [0.25, 0.3) is 0 Å². The van der Waals surface area contributed by atoms with Crippen molar-refractivity contribution in [3.8, 4) is 0 Å². The standard InChI is InChI=1S/C25H42O11/c1-9-24(6,20(28)29)10-17(19(27)33-8)11-25(7,21(30)31)14-23(4,5)22(32)35-13-18(26)12-34-15-36-16(2)3/h17-18,26H,2,9-15H2,1,3-8H3,(H,28,29)(H,30,31). The van der Waals surface area contributed by atoms with Gasteiger partial charge in [-0.1, -0.05) is 13.5 Å². The van der Waals surface area contributed by atoms with Gasteiger partial charge in [0, 0.05) is 0 Å². The van der Waals surface area contributed by atoms with Crippen LogP contribution in [0, 0.1) is 22.2 Å². The molecule has 0 spiro atoms. The highest BCUT2D eigenvalue weighted by molar-refractivity contribution is 5.81. The lowest BCUT2D eigenvalue weighted by Gasteiger charge is -2.36. The van der Waals surface area contributed by atoms with Gasteiger partial charge in [0.2, 0.25) is 0 Å². The smallest absolute Gasteiger partial charge is 0.311 e. The fourth-order valence-corrected chi connectivity index (χ4v) is 3.90. The quantitative estimate of drug-likeness (QED) is 0.106. The van der Waals surface area contributed by atoms with E-state index in [1.165, 1.54) is 27.7 Å². The van der Waals surface area contributed by atoms with Crippen molar-refractivity contribution in [1.29, 1.82) is 0 Å². The molecule has 4 atom stereocenters. The lowest BCUT2D eigenvalue weighted by Crippen LogP contribution is -2.42. The summed E-state index contributed by atoms with van der Waals surface area (Å²) in [6.07, 6.45) is -1.48. The van der Waals surface area contributed by atoms with Crippen LogP contribution in [0.4, 0.5) is 0 Å². The number of aliphatic hydroxyl groups excluding tert-OH is 1. The maximum atomic E-state index is 12.8. The molecule has 0 aromatic carbocycles. The highest BCUT2D eigenvalue weighted by Gasteiger charge is 2.47. The van der Waals surface area contributed by atoms with Gasteiger partial charge in [-0.05, 0) is 60.3 Å². The van der Waals surface area contributed by atoms with Crippen molar-refractivity contribution in [2.75, 3.05) is 27.1 Å². The van der Waals surface area contributed by atoms with Crippen LogP contribution >= 0.6 is 0 Å². The van der Waals surface area contributed by atoms with Crippen molar-refractivity contribution in [2.45, 2.75) is 73.3 Å². The predicted octanol–water partition coefficient (Wildman–Crippen LogP) is 2.99. The molecule has 0 radical (unpaired) electrons. The summed E-state index contributed by atoms with van der Waals surface area (Å²) in [4.78, 5) is 49.3. The Balaban J connectivity index is 5.45. The van der Waals surface area contributed by atoms with E-state index >= 15 is 0 Å². The molecule has 0 rings (SSSR count). The number of hydrogen-bond acceptors (Lipinski definition) is 9. The predicted molar refractivity (Wildman–Crippen MR) is 129 cm³/mol. The molecule has 11 nitrogen and oxygen atoms in total. The first-order chi connectivity index (χ1) is 16.4. The Kier molecular flexibility index (Phi) is 13.1. The van der Waals surface area contributed by atoms with Gasteiger partial charge < -0.3 is 34.3 Å². The van der Waals surface area contributed by atoms with Crippen molar-refractivity contribution < 1.29 is 53.4 Å². The van der Waals surface area contributed by atoms with Crippen LogP contribution in [-0.4, -0.2) is 72.4 Å². The Bertz CT molecular complexity index is 791. The molecule has 4 unspecified atom stereocenters. The zero-order valence-electron chi connectivity index (χ0n) is 22.4. The number of aliphatic hydroxyl groups is 1. The monoisotopic (exact) mass is 518 g/mol. The molecular weight excluding hydrogens is 476 g/mol. The Morgan fingerprint density at radius 3 is 1.89 bits per heavy atom. The summed E-state index contributed by atoms with van der Waals surface area (Å²) in [6.45, 7) is 12.1. The van der Waals surface area contributed by atoms with Gasteiger partial charge in [-0.15, -0.1) is 0 Å². The molecule has 3 N–H and O–H groups in total. The number of carboxylic acid groups (broad SMARTS) is 2. The molecule has 0 aromatic rings. The zero-order valence-corrected chi connectivity index (χ0v) is 22.4. The van der Waals surface area contributed by atoms with E-state index in [2.05, 4.69) is 6.58 Å². The van der Waals surface area contributed by atoms with Gasteiger partial charge >= 0.3 is 23.9 Å². The van der Waals surface area contributed by atoms with Gasteiger partial charge in [-0.3, -0.25) is 19.2 Å². The molecule has 0 bridgehead atoms. The molecule has 0 aromatic heterocycles. The lowest BCUT2D eigenvalue weighted by molar-refractivity contribution is -0.165. The summed E-state index contributed by atoms with van der Waals surface area (Å²) in [5.41, 5.74) is -4.16.